The molecule has 0 aliphatic heterocycles. The van der Waals surface area contributed by atoms with Gasteiger partial charge in [-0.15, -0.1) is 0 Å². The van der Waals surface area contributed by atoms with E-state index in [1.807, 2.05) is 0 Å². The Morgan fingerprint density at radius 3 is 2.13 bits per heavy atom. The van der Waals surface area contributed by atoms with Crippen molar-refractivity contribution >= 4 is 27.9 Å². The van der Waals surface area contributed by atoms with Crippen molar-refractivity contribution < 1.29 is 24.5 Å². The minimum Gasteiger partial charge on any atom is -0.497 e. The second-order valence-electron chi connectivity index (χ2n) is 4.96. The summed E-state index contributed by atoms with van der Waals surface area (Å²) >= 11 is 3.32. The van der Waals surface area contributed by atoms with Gasteiger partial charge in [-0.2, -0.15) is 0 Å². The molecule has 2 aromatic carbocycles. The van der Waals surface area contributed by atoms with Crippen LogP contribution in [0, 0.1) is 5.92 Å². The summed E-state index contributed by atoms with van der Waals surface area (Å²) in [6.45, 7) is 0. The number of halogens is 1. The van der Waals surface area contributed by atoms with E-state index in [1.165, 1.54) is 7.11 Å². The molecule has 23 heavy (non-hydrogen) atoms. The fraction of sp³-hybridized carbons (Fsp3) is 0.176. The molecule has 6 heteroatoms. The van der Waals surface area contributed by atoms with Crippen LogP contribution in [0.5, 0.6) is 5.75 Å². The molecule has 0 saturated heterocycles. The highest BCUT2D eigenvalue weighted by Crippen LogP contribution is 2.35. The smallest absolute Gasteiger partial charge is 0.318 e. The molecule has 0 aromatic heterocycles. The first-order valence-electron chi connectivity index (χ1n) is 6.79. The quantitative estimate of drug-likeness (QED) is 0.752. The maximum absolute atomic E-state index is 11.5. The van der Waals surface area contributed by atoms with Gasteiger partial charge in [-0.25, -0.2) is 0 Å². The number of carbonyl (C=O) groups is 2. The standard InChI is InChI=1S/C17H15BrO5/c1-23-13-4-2-3-11(9-13)14(15(16(19)20)17(21)22)10-5-7-12(18)8-6-10/h2-9,14-15H,1H3,(H,19,20)(H,21,22). The topological polar surface area (TPSA) is 83.8 Å². The number of methoxy groups -OCH3 is 1. The number of ether oxygens (including phenoxy) is 1. The number of hydrogen-bond donors (Lipinski definition) is 2. The highest BCUT2D eigenvalue weighted by molar-refractivity contribution is 9.10. The lowest BCUT2D eigenvalue weighted by Crippen LogP contribution is -2.30. The Hall–Kier alpha value is -2.34. The third-order valence-corrected chi connectivity index (χ3v) is 4.08. The largest absolute Gasteiger partial charge is 0.497 e. The second-order valence-corrected chi connectivity index (χ2v) is 5.88. The molecule has 0 aliphatic rings. The molecule has 0 saturated carbocycles. The maximum atomic E-state index is 11.5. The van der Waals surface area contributed by atoms with Gasteiger partial charge < -0.3 is 14.9 Å². The summed E-state index contributed by atoms with van der Waals surface area (Å²) in [6, 6.07) is 13.7. The maximum Gasteiger partial charge on any atom is 0.318 e. The first-order valence-corrected chi connectivity index (χ1v) is 7.58. The zero-order chi connectivity index (χ0) is 17.0. The summed E-state index contributed by atoms with van der Waals surface area (Å²) in [5, 5.41) is 18.8. The van der Waals surface area contributed by atoms with Crippen molar-refractivity contribution in [3.63, 3.8) is 0 Å². The summed E-state index contributed by atoms with van der Waals surface area (Å²) in [6.07, 6.45) is 0. The number of benzene rings is 2. The molecular weight excluding hydrogens is 364 g/mol. The predicted octanol–water partition coefficient (Wildman–Crippen LogP) is 3.38. The van der Waals surface area contributed by atoms with Gasteiger partial charge in [0.15, 0.2) is 5.92 Å². The molecule has 1 atom stereocenters. The molecule has 2 aromatic rings. The van der Waals surface area contributed by atoms with Gasteiger partial charge in [0.25, 0.3) is 0 Å². The molecule has 5 nitrogen and oxygen atoms in total. The van der Waals surface area contributed by atoms with Crippen LogP contribution in [-0.2, 0) is 9.59 Å². The van der Waals surface area contributed by atoms with Gasteiger partial charge in [-0.3, -0.25) is 9.59 Å². The summed E-state index contributed by atoms with van der Waals surface area (Å²) in [7, 11) is 1.50. The Morgan fingerprint density at radius 2 is 1.61 bits per heavy atom. The molecule has 2 N–H and O–H groups in total. The van der Waals surface area contributed by atoms with Crippen molar-refractivity contribution in [3.8, 4) is 5.75 Å². The van der Waals surface area contributed by atoms with Crippen molar-refractivity contribution in [2.45, 2.75) is 5.92 Å². The number of aliphatic carboxylic acids is 2. The molecule has 2 rings (SSSR count). The fourth-order valence-corrected chi connectivity index (χ4v) is 2.74. The Morgan fingerprint density at radius 1 is 1.00 bits per heavy atom. The predicted molar refractivity (Wildman–Crippen MR) is 87.7 cm³/mol. The minimum atomic E-state index is -1.59. The third kappa shape index (κ3) is 3.90. The van der Waals surface area contributed by atoms with Crippen molar-refractivity contribution in [3.05, 3.63) is 64.1 Å². The summed E-state index contributed by atoms with van der Waals surface area (Å²) in [5.41, 5.74) is 1.18. The van der Waals surface area contributed by atoms with Gasteiger partial charge in [0.1, 0.15) is 5.75 Å². The molecule has 0 aliphatic carbocycles. The number of carboxylic acid groups (broad SMARTS) is 2. The van der Waals surface area contributed by atoms with Crippen LogP contribution in [0.15, 0.2) is 53.0 Å². The van der Waals surface area contributed by atoms with Crippen molar-refractivity contribution in [1.82, 2.24) is 0 Å². The van der Waals surface area contributed by atoms with Crippen LogP contribution in [-0.4, -0.2) is 29.3 Å². The lowest BCUT2D eigenvalue weighted by atomic mass is 9.80. The van der Waals surface area contributed by atoms with Crippen molar-refractivity contribution in [1.29, 1.82) is 0 Å². The van der Waals surface area contributed by atoms with E-state index in [2.05, 4.69) is 15.9 Å². The molecule has 1 unspecified atom stereocenters. The average molecular weight is 379 g/mol. The number of hydrogen-bond acceptors (Lipinski definition) is 3. The zero-order valence-corrected chi connectivity index (χ0v) is 13.9. The lowest BCUT2D eigenvalue weighted by molar-refractivity contribution is -0.155. The van der Waals surface area contributed by atoms with E-state index in [1.54, 1.807) is 48.5 Å². The van der Waals surface area contributed by atoms with E-state index in [-0.39, 0.29) is 0 Å². The summed E-state index contributed by atoms with van der Waals surface area (Å²) in [5.74, 6) is -4.64. The zero-order valence-electron chi connectivity index (χ0n) is 12.3. The van der Waals surface area contributed by atoms with Crippen molar-refractivity contribution in [2.75, 3.05) is 7.11 Å². The Labute approximate surface area is 141 Å². The SMILES string of the molecule is COc1cccc(C(c2ccc(Br)cc2)C(C(=O)O)C(=O)O)c1. The van der Waals surface area contributed by atoms with Crippen LogP contribution in [0.25, 0.3) is 0 Å². The normalized spacial score (nSPS) is 12.0. The van der Waals surface area contributed by atoms with Gasteiger partial charge in [-0.1, -0.05) is 40.2 Å². The van der Waals surface area contributed by atoms with Gasteiger partial charge in [0.2, 0.25) is 0 Å². The Balaban J connectivity index is 2.60. The van der Waals surface area contributed by atoms with Crippen LogP contribution in [0.3, 0.4) is 0 Å². The first kappa shape index (κ1) is 17.0. The van der Waals surface area contributed by atoms with Crippen LogP contribution in [0.4, 0.5) is 0 Å². The molecule has 0 bridgehead atoms. The van der Waals surface area contributed by atoms with Gasteiger partial charge in [0.05, 0.1) is 7.11 Å². The van der Waals surface area contributed by atoms with Crippen LogP contribution in [0.1, 0.15) is 17.0 Å². The molecule has 0 amide bonds. The van der Waals surface area contributed by atoms with E-state index in [4.69, 9.17) is 4.74 Å². The monoisotopic (exact) mass is 378 g/mol. The second kappa shape index (κ2) is 7.28. The van der Waals surface area contributed by atoms with E-state index in [0.717, 1.165) is 4.47 Å². The first-order chi connectivity index (χ1) is 10.9. The van der Waals surface area contributed by atoms with E-state index in [0.29, 0.717) is 16.9 Å². The molecular formula is C17H15BrO5. The fourth-order valence-electron chi connectivity index (χ4n) is 2.47. The van der Waals surface area contributed by atoms with Crippen LogP contribution < -0.4 is 4.74 Å². The highest BCUT2D eigenvalue weighted by Gasteiger charge is 2.37. The minimum absolute atomic E-state index is 0.541. The Kier molecular flexibility index (Phi) is 5.39. The lowest BCUT2D eigenvalue weighted by Gasteiger charge is -2.22. The molecule has 0 fully saturated rings. The van der Waals surface area contributed by atoms with Gasteiger partial charge in [0, 0.05) is 10.4 Å². The number of rotatable bonds is 6. The van der Waals surface area contributed by atoms with Crippen molar-refractivity contribution in [2.24, 2.45) is 5.92 Å². The van der Waals surface area contributed by atoms with E-state index in [9.17, 15) is 19.8 Å². The number of carboxylic acids is 2. The van der Waals surface area contributed by atoms with Crippen LogP contribution >= 0.6 is 15.9 Å². The highest BCUT2D eigenvalue weighted by atomic mass is 79.9. The van der Waals surface area contributed by atoms with Crippen LogP contribution in [0.2, 0.25) is 0 Å². The summed E-state index contributed by atoms with van der Waals surface area (Å²) < 4.78 is 5.99. The van der Waals surface area contributed by atoms with E-state index >= 15 is 0 Å². The Bertz CT molecular complexity index is 697. The molecule has 0 heterocycles. The molecule has 120 valence electrons. The molecule has 0 radical (unpaired) electrons. The summed E-state index contributed by atoms with van der Waals surface area (Å²) in [4.78, 5) is 23.1. The molecule has 0 spiro atoms. The average Bonchev–Trinajstić information content (AvgIpc) is 2.52. The van der Waals surface area contributed by atoms with E-state index < -0.39 is 23.8 Å². The van der Waals surface area contributed by atoms with Gasteiger partial charge in [-0.05, 0) is 35.4 Å². The third-order valence-electron chi connectivity index (χ3n) is 3.55. The van der Waals surface area contributed by atoms with Gasteiger partial charge >= 0.3 is 11.9 Å².